The molecule has 9 nitrogen and oxygen atoms in total. The van der Waals surface area contributed by atoms with Crippen LogP contribution in [-0.2, 0) is 21.1 Å². The van der Waals surface area contributed by atoms with Crippen molar-refractivity contribution >= 4 is 38.2 Å². The predicted molar refractivity (Wildman–Crippen MR) is 130 cm³/mol. The topological polar surface area (TPSA) is 128 Å². The molecule has 0 unspecified atom stereocenters. The fourth-order valence-corrected chi connectivity index (χ4v) is 5.23. The second kappa shape index (κ2) is 9.19. The van der Waals surface area contributed by atoms with Gasteiger partial charge in [0.15, 0.2) is 15.7 Å². The van der Waals surface area contributed by atoms with E-state index in [2.05, 4.69) is 20.3 Å². The molecule has 1 fully saturated rings. The van der Waals surface area contributed by atoms with Crippen LogP contribution in [0.2, 0.25) is 0 Å². The summed E-state index contributed by atoms with van der Waals surface area (Å²) in [5.74, 6) is -2.11. The van der Waals surface area contributed by atoms with Gasteiger partial charge in [0.2, 0.25) is 11.8 Å². The van der Waals surface area contributed by atoms with E-state index in [9.17, 15) is 27.1 Å². The van der Waals surface area contributed by atoms with Crippen molar-refractivity contribution in [2.24, 2.45) is 0 Å². The largest absolute Gasteiger partial charge is 0.494 e. The highest BCUT2D eigenvalue weighted by atomic mass is 32.2. The third kappa shape index (κ3) is 4.71. The maximum absolute atomic E-state index is 14.4. The van der Waals surface area contributed by atoms with Crippen LogP contribution in [0.3, 0.4) is 0 Å². The Kier molecular flexibility index (Phi) is 6.04. The van der Waals surface area contributed by atoms with Crippen molar-refractivity contribution in [2.75, 3.05) is 29.9 Å². The number of H-pyrrole nitrogens is 1. The van der Waals surface area contributed by atoms with Crippen molar-refractivity contribution in [3.05, 3.63) is 65.9 Å². The molecule has 1 aliphatic rings. The van der Waals surface area contributed by atoms with E-state index in [0.717, 1.165) is 17.7 Å². The second-order valence-corrected chi connectivity index (χ2v) is 10.7. The number of nitrogens with zero attached hydrogens (tertiary/aromatic N) is 3. The van der Waals surface area contributed by atoms with E-state index >= 15 is 0 Å². The molecule has 0 bridgehead atoms. The molecule has 0 aliphatic carbocycles. The standard InChI is InChI=1S/C24H21F2N5O4S/c25-16-2-1-3-17(26)20(16)22-29-18-13-27-24(33)21(18)23(30-22)28-15-6-4-14(5-7-15)12-19(32)31-8-10-36(34,35)11-9-31/h1-7,13,27,33H,8-12H2,(H,28,29,30). The summed E-state index contributed by atoms with van der Waals surface area (Å²) in [6.45, 7) is 0.380. The second-order valence-electron chi connectivity index (χ2n) is 8.42. The number of rotatable bonds is 5. The van der Waals surface area contributed by atoms with Gasteiger partial charge in [-0.05, 0) is 29.8 Å². The summed E-state index contributed by atoms with van der Waals surface area (Å²) in [6, 6.07) is 10.3. The molecule has 1 amide bonds. The Morgan fingerprint density at radius 2 is 1.72 bits per heavy atom. The molecule has 1 aliphatic heterocycles. The number of hydrogen-bond donors (Lipinski definition) is 3. The Morgan fingerprint density at radius 1 is 1.06 bits per heavy atom. The van der Waals surface area contributed by atoms with Crippen LogP contribution in [0.5, 0.6) is 5.88 Å². The van der Waals surface area contributed by atoms with Gasteiger partial charge in [-0.3, -0.25) is 4.79 Å². The zero-order valence-electron chi connectivity index (χ0n) is 18.8. The molecule has 0 atom stereocenters. The Bertz CT molecular complexity index is 1540. The van der Waals surface area contributed by atoms with Crippen LogP contribution in [0.15, 0.2) is 48.7 Å². The molecule has 186 valence electrons. The van der Waals surface area contributed by atoms with E-state index in [1.165, 1.54) is 12.3 Å². The van der Waals surface area contributed by atoms with Crippen LogP contribution in [0, 0.1) is 11.6 Å². The van der Waals surface area contributed by atoms with E-state index < -0.39 is 21.5 Å². The van der Waals surface area contributed by atoms with Gasteiger partial charge in [0.25, 0.3) is 0 Å². The molecule has 1 saturated heterocycles. The Hall–Kier alpha value is -4.06. The number of sulfone groups is 1. The number of aromatic amines is 1. The maximum Gasteiger partial charge on any atom is 0.227 e. The Labute approximate surface area is 204 Å². The number of aromatic nitrogens is 3. The van der Waals surface area contributed by atoms with Crippen LogP contribution < -0.4 is 5.32 Å². The first-order valence-electron chi connectivity index (χ1n) is 11.1. The van der Waals surface area contributed by atoms with Gasteiger partial charge in [0.1, 0.15) is 22.8 Å². The van der Waals surface area contributed by atoms with Crippen molar-refractivity contribution in [3.8, 4) is 17.3 Å². The highest BCUT2D eigenvalue weighted by Crippen LogP contribution is 2.34. The molecule has 0 radical (unpaired) electrons. The molecular weight excluding hydrogens is 492 g/mol. The normalized spacial score (nSPS) is 15.2. The average molecular weight is 514 g/mol. The molecule has 0 saturated carbocycles. The summed E-state index contributed by atoms with van der Waals surface area (Å²) in [4.78, 5) is 25.2. The van der Waals surface area contributed by atoms with E-state index in [0.29, 0.717) is 5.69 Å². The van der Waals surface area contributed by atoms with E-state index in [1.807, 2.05) is 0 Å². The third-order valence-electron chi connectivity index (χ3n) is 5.97. The average Bonchev–Trinajstić information content (AvgIpc) is 3.21. The van der Waals surface area contributed by atoms with Crippen LogP contribution in [0.4, 0.5) is 20.3 Å². The minimum atomic E-state index is -3.07. The first-order chi connectivity index (χ1) is 17.2. The van der Waals surface area contributed by atoms with Gasteiger partial charge in [-0.2, -0.15) is 0 Å². The first kappa shape index (κ1) is 23.7. The number of fused-ring (bicyclic) bond motifs is 1. The fraction of sp³-hybridized carbons (Fsp3) is 0.208. The zero-order chi connectivity index (χ0) is 25.4. The van der Waals surface area contributed by atoms with Gasteiger partial charge < -0.3 is 20.3 Å². The van der Waals surface area contributed by atoms with Gasteiger partial charge in [-0.15, -0.1) is 0 Å². The van der Waals surface area contributed by atoms with Crippen molar-refractivity contribution < 1.29 is 27.1 Å². The summed E-state index contributed by atoms with van der Waals surface area (Å²) in [5.41, 5.74) is 1.15. The van der Waals surface area contributed by atoms with Gasteiger partial charge in [0, 0.05) is 25.0 Å². The smallest absolute Gasteiger partial charge is 0.227 e. The van der Waals surface area contributed by atoms with E-state index in [1.54, 1.807) is 29.2 Å². The van der Waals surface area contributed by atoms with Crippen LogP contribution in [-0.4, -0.2) is 63.9 Å². The van der Waals surface area contributed by atoms with Crippen LogP contribution >= 0.6 is 0 Å². The van der Waals surface area contributed by atoms with Crippen molar-refractivity contribution in [2.45, 2.75) is 6.42 Å². The minimum absolute atomic E-state index is 0.0280. The van der Waals surface area contributed by atoms with E-state index in [-0.39, 0.29) is 70.9 Å². The van der Waals surface area contributed by atoms with E-state index in [4.69, 9.17) is 0 Å². The van der Waals surface area contributed by atoms with Gasteiger partial charge in [-0.25, -0.2) is 27.2 Å². The number of nitrogens with one attached hydrogen (secondary N) is 2. The summed E-state index contributed by atoms with van der Waals surface area (Å²) in [5, 5.41) is 13.5. The Balaban J connectivity index is 1.38. The fourth-order valence-electron chi connectivity index (χ4n) is 4.03. The first-order valence-corrected chi connectivity index (χ1v) is 12.9. The number of anilines is 2. The number of hydrogen-bond acceptors (Lipinski definition) is 7. The van der Waals surface area contributed by atoms with Gasteiger partial charge >= 0.3 is 0 Å². The lowest BCUT2D eigenvalue weighted by Crippen LogP contribution is -2.44. The molecule has 3 N–H and O–H groups in total. The molecule has 3 heterocycles. The van der Waals surface area contributed by atoms with Gasteiger partial charge in [0.05, 0.1) is 29.0 Å². The molecule has 4 aromatic rings. The summed E-state index contributed by atoms with van der Waals surface area (Å²) in [7, 11) is -3.07. The zero-order valence-corrected chi connectivity index (χ0v) is 19.6. The molecule has 0 spiro atoms. The lowest BCUT2D eigenvalue weighted by molar-refractivity contribution is -0.130. The number of carbonyl (C=O) groups excluding carboxylic acids is 1. The minimum Gasteiger partial charge on any atom is -0.494 e. The molecule has 12 heteroatoms. The SMILES string of the molecule is O=C(Cc1ccc(Nc2nc(-c3c(F)cccc3F)nc3c[nH]c(O)c23)cc1)N1CCS(=O)(=O)CC1. The number of benzene rings is 2. The van der Waals surface area contributed by atoms with Crippen molar-refractivity contribution in [1.82, 2.24) is 19.9 Å². The highest BCUT2D eigenvalue weighted by Gasteiger charge is 2.25. The lowest BCUT2D eigenvalue weighted by atomic mass is 10.1. The van der Waals surface area contributed by atoms with Crippen molar-refractivity contribution in [1.29, 1.82) is 0 Å². The molecule has 36 heavy (non-hydrogen) atoms. The predicted octanol–water partition coefficient (Wildman–Crippen LogP) is 3.15. The van der Waals surface area contributed by atoms with Crippen LogP contribution in [0.1, 0.15) is 5.56 Å². The van der Waals surface area contributed by atoms with Crippen molar-refractivity contribution in [3.63, 3.8) is 0 Å². The highest BCUT2D eigenvalue weighted by molar-refractivity contribution is 7.91. The lowest BCUT2D eigenvalue weighted by Gasteiger charge is -2.26. The Morgan fingerprint density at radius 3 is 2.39 bits per heavy atom. The molecule has 5 rings (SSSR count). The quantitative estimate of drug-likeness (QED) is 0.374. The number of amides is 1. The monoisotopic (exact) mass is 513 g/mol. The number of carbonyl (C=O) groups is 1. The van der Waals surface area contributed by atoms with Crippen LogP contribution in [0.25, 0.3) is 22.3 Å². The molecule has 2 aromatic heterocycles. The maximum atomic E-state index is 14.4. The third-order valence-corrected chi connectivity index (χ3v) is 7.58. The molecular formula is C24H21F2N5O4S. The van der Waals surface area contributed by atoms with Gasteiger partial charge in [-0.1, -0.05) is 18.2 Å². The number of aromatic hydroxyl groups is 1. The summed E-state index contributed by atoms with van der Waals surface area (Å²) < 4.78 is 51.9. The number of halogens is 2. The summed E-state index contributed by atoms with van der Waals surface area (Å²) in [6.07, 6.45) is 1.52. The summed E-state index contributed by atoms with van der Waals surface area (Å²) >= 11 is 0. The molecule has 2 aromatic carbocycles.